The first-order valence-corrected chi connectivity index (χ1v) is 7.40. The topological polar surface area (TPSA) is 53.4 Å². The van der Waals surface area contributed by atoms with E-state index in [2.05, 4.69) is 23.7 Å². The van der Waals surface area contributed by atoms with Crippen molar-refractivity contribution in [2.45, 2.75) is 52.0 Å². The fourth-order valence-corrected chi connectivity index (χ4v) is 3.22. The van der Waals surface area contributed by atoms with E-state index in [0.717, 1.165) is 23.8 Å². The number of hydrogen-bond acceptors (Lipinski definition) is 4. The summed E-state index contributed by atoms with van der Waals surface area (Å²) in [6.07, 6.45) is 3.32. The molecule has 0 aromatic carbocycles. The Balaban J connectivity index is 2.34. The predicted molar refractivity (Wildman–Crippen MR) is 73.8 cm³/mol. The summed E-state index contributed by atoms with van der Waals surface area (Å²) >= 11 is 1.33. The minimum atomic E-state index is -0.846. The molecule has 2 rings (SSSR count). The third kappa shape index (κ3) is 2.51. The quantitative estimate of drug-likeness (QED) is 0.859. The van der Waals surface area contributed by atoms with Crippen LogP contribution in [0.5, 0.6) is 0 Å². The Morgan fingerprint density at radius 1 is 1.56 bits per heavy atom. The lowest BCUT2D eigenvalue weighted by molar-refractivity contribution is 0.0700. The Morgan fingerprint density at radius 3 is 2.67 bits per heavy atom. The third-order valence-corrected chi connectivity index (χ3v) is 4.59. The average Bonchev–Trinajstić information content (AvgIpc) is 3.07. The highest BCUT2D eigenvalue weighted by Gasteiger charge is 2.32. The molecule has 1 atom stereocenters. The van der Waals surface area contributed by atoms with Crippen molar-refractivity contribution in [1.82, 2.24) is 4.98 Å². The van der Waals surface area contributed by atoms with Crippen LogP contribution in [0.15, 0.2) is 0 Å². The molecule has 1 aliphatic rings. The van der Waals surface area contributed by atoms with E-state index in [-0.39, 0.29) is 5.92 Å². The van der Waals surface area contributed by atoms with Gasteiger partial charge < -0.3 is 10.0 Å². The maximum atomic E-state index is 11.3. The lowest BCUT2D eigenvalue weighted by atomic mass is 10.0. The van der Waals surface area contributed by atoms with Crippen molar-refractivity contribution in [2.75, 3.05) is 11.4 Å². The molecule has 100 valence electrons. The lowest BCUT2D eigenvalue weighted by Crippen LogP contribution is -2.24. The van der Waals surface area contributed by atoms with Gasteiger partial charge in [-0.15, -0.1) is 0 Å². The predicted octanol–water partition coefficient (Wildman–Crippen LogP) is 3.34. The van der Waals surface area contributed by atoms with E-state index in [1.165, 1.54) is 24.2 Å². The van der Waals surface area contributed by atoms with Crippen LogP contribution in [0.1, 0.15) is 61.3 Å². The van der Waals surface area contributed by atoms with Gasteiger partial charge in [0.05, 0.1) is 5.69 Å². The van der Waals surface area contributed by atoms with Gasteiger partial charge in [-0.05, 0) is 32.1 Å². The van der Waals surface area contributed by atoms with E-state index >= 15 is 0 Å². The van der Waals surface area contributed by atoms with Gasteiger partial charge in [-0.1, -0.05) is 25.2 Å². The van der Waals surface area contributed by atoms with Crippen molar-refractivity contribution in [3.8, 4) is 0 Å². The van der Waals surface area contributed by atoms with Gasteiger partial charge in [0.2, 0.25) is 0 Å². The molecular weight excluding hydrogens is 248 g/mol. The Hall–Kier alpha value is -1.10. The Labute approximate surface area is 112 Å². The van der Waals surface area contributed by atoms with Gasteiger partial charge in [0, 0.05) is 12.6 Å². The second-order valence-corrected chi connectivity index (χ2v) is 5.82. The first kappa shape index (κ1) is 13.3. The summed E-state index contributed by atoms with van der Waals surface area (Å²) in [5.41, 5.74) is 0.754. The summed E-state index contributed by atoms with van der Waals surface area (Å²) < 4.78 is 0. The standard InChI is InChI=1S/C13H20N2O2S/c1-4-8(3)10-11(12(16)17)18-13(14-10)15(5-2)9-6-7-9/h8-9H,4-7H2,1-3H3,(H,16,17). The van der Waals surface area contributed by atoms with E-state index in [1.807, 2.05) is 6.92 Å². The highest BCUT2D eigenvalue weighted by Crippen LogP contribution is 2.37. The fraction of sp³-hybridized carbons (Fsp3) is 0.692. The molecule has 1 aromatic heterocycles. The SMILES string of the molecule is CCC(C)c1nc(N(CC)C2CC2)sc1C(=O)O. The molecule has 1 fully saturated rings. The molecule has 0 amide bonds. The minimum Gasteiger partial charge on any atom is -0.477 e. The summed E-state index contributed by atoms with van der Waals surface area (Å²) in [7, 11) is 0. The molecule has 1 N–H and O–H groups in total. The van der Waals surface area contributed by atoms with Crippen molar-refractivity contribution < 1.29 is 9.90 Å². The zero-order valence-electron chi connectivity index (χ0n) is 11.1. The fourth-order valence-electron chi connectivity index (χ4n) is 2.06. The maximum Gasteiger partial charge on any atom is 0.347 e. The highest BCUT2D eigenvalue weighted by molar-refractivity contribution is 7.17. The molecule has 0 bridgehead atoms. The van der Waals surface area contributed by atoms with E-state index < -0.39 is 5.97 Å². The summed E-state index contributed by atoms with van der Waals surface area (Å²) in [5.74, 6) is -0.639. The number of carboxylic acids is 1. The highest BCUT2D eigenvalue weighted by atomic mass is 32.1. The number of aromatic carboxylic acids is 1. The summed E-state index contributed by atoms with van der Waals surface area (Å²) in [6.45, 7) is 7.10. The Bertz CT molecular complexity index is 440. The molecular formula is C13H20N2O2S. The molecule has 1 unspecified atom stereocenters. The number of aromatic nitrogens is 1. The summed E-state index contributed by atoms with van der Waals surface area (Å²) in [6, 6.07) is 0.576. The normalized spacial score (nSPS) is 16.6. The number of nitrogens with zero attached hydrogens (tertiary/aromatic N) is 2. The van der Waals surface area contributed by atoms with Gasteiger partial charge >= 0.3 is 5.97 Å². The molecule has 1 aromatic rings. The van der Waals surface area contributed by atoms with Gasteiger partial charge in [0.25, 0.3) is 0 Å². The van der Waals surface area contributed by atoms with E-state index in [9.17, 15) is 9.90 Å². The molecule has 4 nitrogen and oxygen atoms in total. The van der Waals surface area contributed by atoms with Crippen LogP contribution in [0, 0.1) is 0 Å². The lowest BCUT2D eigenvalue weighted by Gasteiger charge is -2.18. The van der Waals surface area contributed by atoms with Crippen LogP contribution in [-0.2, 0) is 0 Å². The van der Waals surface area contributed by atoms with Crippen molar-refractivity contribution in [1.29, 1.82) is 0 Å². The molecule has 0 spiro atoms. The van der Waals surface area contributed by atoms with Crippen molar-refractivity contribution in [3.05, 3.63) is 10.6 Å². The van der Waals surface area contributed by atoms with Crippen LogP contribution in [0.4, 0.5) is 5.13 Å². The van der Waals surface area contributed by atoms with E-state index in [0.29, 0.717) is 10.9 Å². The second-order valence-electron chi connectivity index (χ2n) is 4.84. The number of anilines is 1. The van der Waals surface area contributed by atoms with Crippen LogP contribution in [0.2, 0.25) is 0 Å². The van der Waals surface area contributed by atoms with Gasteiger partial charge in [0.15, 0.2) is 5.13 Å². The van der Waals surface area contributed by atoms with Gasteiger partial charge in [-0.25, -0.2) is 9.78 Å². The molecule has 1 saturated carbocycles. The van der Waals surface area contributed by atoms with Crippen molar-refractivity contribution >= 4 is 22.4 Å². The van der Waals surface area contributed by atoms with Crippen LogP contribution in [-0.4, -0.2) is 28.6 Å². The first-order valence-electron chi connectivity index (χ1n) is 6.59. The van der Waals surface area contributed by atoms with Gasteiger partial charge in [-0.3, -0.25) is 0 Å². The van der Waals surface area contributed by atoms with Gasteiger partial charge in [-0.2, -0.15) is 0 Å². The second kappa shape index (κ2) is 5.26. The number of carbonyl (C=O) groups is 1. The Morgan fingerprint density at radius 2 is 2.22 bits per heavy atom. The Kier molecular flexibility index (Phi) is 3.90. The first-order chi connectivity index (χ1) is 8.58. The summed E-state index contributed by atoms with van der Waals surface area (Å²) in [5, 5.41) is 10.2. The minimum absolute atomic E-state index is 0.207. The molecule has 5 heteroatoms. The van der Waals surface area contributed by atoms with Crippen LogP contribution >= 0.6 is 11.3 Å². The number of rotatable bonds is 6. The summed E-state index contributed by atoms with van der Waals surface area (Å²) in [4.78, 5) is 18.6. The molecule has 0 saturated heterocycles. The van der Waals surface area contributed by atoms with E-state index in [1.54, 1.807) is 0 Å². The third-order valence-electron chi connectivity index (χ3n) is 3.49. The molecule has 0 aliphatic heterocycles. The number of thiazole rings is 1. The zero-order valence-corrected chi connectivity index (χ0v) is 12.0. The van der Waals surface area contributed by atoms with Crippen molar-refractivity contribution in [2.24, 2.45) is 0 Å². The van der Waals surface area contributed by atoms with Crippen LogP contribution < -0.4 is 4.90 Å². The average molecular weight is 268 g/mol. The van der Waals surface area contributed by atoms with Crippen LogP contribution in [0.3, 0.4) is 0 Å². The van der Waals surface area contributed by atoms with E-state index in [4.69, 9.17) is 0 Å². The molecule has 0 radical (unpaired) electrons. The number of hydrogen-bond donors (Lipinski definition) is 1. The number of carboxylic acid groups (broad SMARTS) is 1. The largest absolute Gasteiger partial charge is 0.477 e. The van der Waals surface area contributed by atoms with Crippen LogP contribution in [0.25, 0.3) is 0 Å². The monoisotopic (exact) mass is 268 g/mol. The van der Waals surface area contributed by atoms with Gasteiger partial charge in [0.1, 0.15) is 4.88 Å². The molecule has 18 heavy (non-hydrogen) atoms. The van der Waals surface area contributed by atoms with Crippen molar-refractivity contribution in [3.63, 3.8) is 0 Å². The molecule has 1 heterocycles. The zero-order chi connectivity index (χ0) is 13.3. The molecule has 1 aliphatic carbocycles. The maximum absolute atomic E-state index is 11.3. The smallest absolute Gasteiger partial charge is 0.347 e.